The average molecular weight is 278 g/mol. The number of carbonyl (C=O) groups excluding carboxylic acids is 1. The quantitative estimate of drug-likeness (QED) is 0.850. The number of hydrogen-bond donors (Lipinski definition) is 2. The first-order valence-electron chi connectivity index (χ1n) is 6.50. The van der Waals surface area contributed by atoms with E-state index in [9.17, 15) is 19.8 Å². The molecule has 108 valence electrons. The Morgan fingerprint density at radius 3 is 2.10 bits per heavy atom. The molecule has 0 bridgehead atoms. The van der Waals surface area contributed by atoms with Crippen molar-refractivity contribution < 1.29 is 19.8 Å². The van der Waals surface area contributed by atoms with Crippen molar-refractivity contribution in [3.8, 4) is 5.75 Å². The van der Waals surface area contributed by atoms with Gasteiger partial charge < -0.3 is 15.1 Å². The molecule has 6 heteroatoms. The van der Waals surface area contributed by atoms with E-state index in [0.29, 0.717) is 31.7 Å². The largest absolute Gasteiger partial charge is 0.508 e. The molecule has 1 saturated heterocycles. The van der Waals surface area contributed by atoms with Gasteiger partial charge in [-0.2, -0.15) is 0 Å². The van der Waals surface area contributed by atoms with Crippen LogP contribution in [0, 0.1) is 0 Å². The maximum atomic E-state index is 11.5. The summed E-state index contributed by atoms with van der Waals surface area (Å²) >= 11 is 0. The van der Waals surface area contributed by atoms with Crippen molar-refractivity contribution in [2.24, 2.45) is 0 Å². The van der Waals surface area contributed by atoms with Crippen molar-refractivity contribution in [3.63, 3.8) is 0 Å². The lowest BCUT2D eigenvalue weighted by molar-refractivity contribution is -0.145. The van der Waals surface area contributed by atoms with Crippen molar-refractivity contribution >= 4 is 11.9 Å². The smallest absolute Gasteiger partial charge is 0.325 e. The molecule has 20 heavy (non-hydrogen) atoms. The standard InChI is InChI=1S/C14H18N2O4/c1-10(17)15-6-8-16(9-7-15)13(14(19)20)11-2-4-12(18)5-3-11/h2-5,13,18H,6-9H2,1H3,(H,19,20). The lowest BCUT2D eigenvalue weighted by atomic mass is 10.0. The minimum atomic E-state index is -0.924. The number of nitrogens with zero attached hydrogens (tertiary/aromatic N) is 2. The number of aromatic hydroxyl groups is 1. The highest BCUT2D eigenvalue weighted by atomic mass is 16.4. The van der Waals surface area contributed by atoms with E-state index in [4.69, 9.17) is 0 Å². The van der Waals surface area contributed by atoms with Crippen LogP contribution in [0.2, 0.25) is 0 Å². The molecule has 0 radical (unpaired) electrons. The first-order valence-corrected chi connectivity index (χ1v) is 6.50. The average Bonchev–Trinajstić information content (AvgIpc) is 2.41. The van der Waals surface area contributed by atoms with Crippen LogP contribution in [0.25, 0.3) is 0 Å². The Bertz CT molecular complexity index is 492. The fraction of sp³-hybridized carbons (Fsp3) is 0.429. The number of piperazine rings is 1. The number of aliphatic carboxylic acids is 1. The SMILES string of the molecule is CC(=O)N1CCN(C(C(=O)O)c2ccc(O)cc2)CC1. The highest BCUT2D eigenvalue weighted by molar-refractivity contribution is 5.76. The number of phenols is 1. The van der Waals surface area contributed by atoms with Gasteiger partial charge >= 0.3 is 5.97 Å². The molecule has 6 nitrogen and oxygen atoms in total. The molecule has 0 aromatic heterocycles. The maximum Gasteiger partial charge on any atom is 0.325 e. The van der Waals surface area contributed by atoms with Crippen LogP contribution in [-0.4, -0.2) is 58.1 Å². The summed E-state index contributed by atoms with van der Waals surface area (Å²) in [5.41, 5.74) is 0.631. The molecule has 2 N–H and O–H groups in total. The van der Waals surface area contributed by atoms with Crippen LogP contribution in [0.15, 0.2) is 24.3 Å². The summed E-state index contributed by atoms with van der Waals surface area (Å²) in [6.45, 7) is 3.65. The molecule has 1 heterocycles. The number of rotatable bonds is 3. The number of carbonyl (C=O) groups is 2. The molecule has 1 atom stereocenters. The zero-order chi connectivity index (χ0) is 14.7. The van der Waals surface area contributed by atoms with Crippen molar-refractivity contribution in [2.75, 3.05) is 26.2 Å². The molecule has 1 aromatic carbocycles. The number of carboxylic acids is 1. The lowest BCUT2D eigenvalue weighted by Gasteiger charge is -2.37. The normalized spacial score (nSPS) is 17.8. The maximum absolute atomic E-state index is 11.5. The monoisotopic (exact) mass is 278 g/mol. The number of amides is 1. The minimum Gasteiger partial charge on any atom is -0.508 e. The Labute approximate surface area is 117 Å². The van der Waals surface area contributed by atoms with Gasteiger partial charge in [0.25, 0.3) is 0 Å². The summed E-state index contributed by atoms with van der Waals surface area (Å²) in [5.74, 6) is -0.799. The van der Waals surface area contributed by atoms with Crippen molar-refractivity contribution in [1.82, 2.24) is 9.80 Å². The number of hydrogen-bond acceptors (Lipinski definition) is 4. The van der Waals surface area contributed by atoms with E-state index in [1.165, 1.54) is 19.1 Å². The van der Waals surface area contributed by atoms with Gasteiger partial charge in [0.1, 0.15) is 11.8 Å². The summed E-state index contributed by atoms with van der Waals surface area (Å²) in [6.07, 6.45) is 0. The molecule has 0 spiro atoms. The summed E-state index contributed by atoms with van der Waals surface area (Å²) < 4.78 is 0. The molecule has 1 fully saturated rings. The van der Waals surface area contributed by atoms with Gasteiger partial charge in [0.2, 0.25) is 5.91 Å². The third kappa shape index (κ3) is 3.08. The third-order valence-corrected chi connectivity index (χ3v) is 3.57. The van der Waals surface area contributed by atoms with Gasteiger partial charge in [0.15, 0.2) is 0 Å². The molecular weight excluding hydrogens is 260 g/mol. The summed E-state index contributed by atoms with van der Waals surface area (Å²) in [6, 6.07) is 5.45. The fourth-order valence-corrected chi connectivity index (χ4v) is 2.46. The predicted octanol–water partition coefficient (Wildman–Crippen LogP) is 0.682. The predicted molar refractivity (Wildman–Crippen MR) is 72.3 cm³/mol. The van der Waals surface area contributed by atoms with Gasteiger partial charge in [-0.3, -0.25) is 14.5 Å². The van der Waals surface area contributed by atoms with Crippen LogP contribution in [0.1, 0.15) is 18.5 Å². The van der Waals surface area contributed by atoms with Gasteiger partial charge in [-0.15, -0.1) is 0 Å². The van der Waals surface area contributed by atoms with E-state index in [1.807, 2.05) is 4.90 Å². The highest BCUT2D eigenvalue weighted by Gasteiger charge is 2.30. The number of phenolic OH excluding ortho intramolecular Hbond substituents is 1. The Hall–Kier alpha value is -2.08. The third-order valence-electron chi connectivity index (χ3n) is 3.57. The molecule has 0 saturated carbocycles. The lowest BCUT2D eigenvalue weighted by Crippen LogP contribution is -2.50. The molecule has 1 aliphatic heterocycles. The van der Waals surface area contributed by atoms with Crippen molar-refractivity contribution in [1.29, 1.82) is 0 Å². The van der Waals surface area contributed by atoms with E-state index >= 15 is 0 Å². The van der Waals surface area contributed by atoms with Crippen molar-refractivity contribution in [2.45, 2.75) is 13.0 Å². The van der Waals surface area contributed by atoms with Crippen LogP contribution < -0.4 is 0 Å². The van der Waals surface area contributed by atoms with E-state index in [0.717, 1.165) is 0 Å². The zero-order valence-electron chi connectivity index (χ0n) is 11.3. The van der Waals surface area contributed by atoms with Crippen LogP contribution in [0.4, 0.5) is 0 Å². The Morgan fingerprint density at radius 1 is 1.10 bits per heavy atom. The Balaban J connectivity index is 2.12. The molecule has 1 aromatic rings. The van der Waals surface area contributed by atoms with Crippen LogP contribution in [-0.2, 0) is 9.59 Å². The molecular formula is C14H18N2O4. The second-order valence-electron chi connectivity index (χ2n) is 4.87. The molecule has 1 amide bonds. The topological polar surface area (TPSA) is 81.1 Å². The highest BCUT2D eigenvalue weighted by Crippen LogP contribution is 2.24. The first-order chi connectivity index (χ1) is 9.49. The summed E-state index contributed by atoms with van der Waals surface area (Å²) in [5, 5.41) is 18.7. The Morgan fingerprint density at radius 2 is 1.65 bits per heavy atom. The summed E-state index contributed by atoms with van der Waals surface area (Å²) in [4.78, 5) is 26.4. The van der Waals surface area contributed by atoms with E-state index in [1.54, 1.807) is 17.0 Å². The first kappa shape index (κ1) is 14.3. The van der Waals surface area contributed by atoms with Crippen molar-refractivity contribution in [3.05, 3.63) is 29.8 Å². The van der Waals surface area contributed by atoms with E-state index < -0.39 is 12.0 Å². The Kier molecular flexibility index (Phi) is 4.24. The van der Waals surface area contributed by atoms with Gasteiger partial charge in [0.05, 0.1) is 0 Å². The second-order valence-corrected chi connectivity index (χ2v) is 4.87. The fourth-order valence-electron chi connectivity index (χ4n) is 2.46. The zero-order valence-corrected chi connectivity index (χ0v) is 11.3. The molecule has 0 aliphatic carbocycles. The molecule has 1 unspecified atom stereocenters. The molecule has 1 aliphatic rings. The van der Waals surface area contributed by atoms with E-state index in [-0.39, 0.29) is 11.7 Å². The second kappa shape index (κ2) is 5.92. The van der Waals surface area contributed by atoms with Gasteiger partial charge in [-0.25, -0.2) is 0 Å². The minimum absolute atomic E-state index is 0.0150. The molecule has 2 rings (SSSR count). The number of carboxylic acid groups (broad SMARTS) is 1. The van der Waals surface area contributed by atoms with Crippen LogP contribution >= 0.6 is 0 Å². The summed E-state index contributed by atoms with van der Waals surface area (Å²) in [7, 11) is 0. The van der Waals surface area contributed by atoms with Crippen LogP contribution in [0.3, 0.4) is 0 Å². The number of benzene rings is 1. The van der Waals surface area contributed by atoms with Gasteiger partial charge in [0, 0.05) is 33.1 Å². The van der Waals surface area contributed by atoms with Gasteiger partial charge in [-0.1, -0.05) is 12.1 Å². The van der Waals surface area contributed by atoms with E-state index in [2.05, 4.69) is 0 Å². The van der Waals surface area contributed by atoms with Crippen LogP contribution in [0.5, 0.6) is 5.75 Å². The van der Waals surface area contributed by atoms with Gasteiger partial charge in [-0.05, 0) is 17.7 Å².